The van der Waals surface area contributed by atoms with Gasteiger partial charge in [0.25, 0.3) is 5.91 Å². The fraction of sp³-hybridized carbons (Fsp3) is 0.333. The smallest absolute Gasteiger partial charge is 0.252 e. The Balaban J connectivity index is 2.39. The molecule has 1 aliphatic rings. The second-order valence-electron chi connectivity index (χ2n) is 4.66. The van der Waals surface area contributed by atoms with Crippen molar-refractivity contribution >= 4 is 45.0 Å². The van der Waals surface area contributed by atoms with E-state index in [-0.39, 0.29) is 18.4 Å². The number of carbonyl (C=O) groups is 2. The Kier molecular flexibility index (Phi) is 3.38. The lowest BCUT2D eigenvalue weighted by Crippen LogP contribution is -2.64. The molecule has 4 nitrogen and oxygen atoms in total. The molecule has 1 saturated heterocycles. The summed E-state index contributed by atoms with van der Waals surface area (Å²) in [6.07, 6.45) is 0. The van der Waals surface area contributed by atoms with E-state index in [9.17, 15) is 9.59 Å². The van der Waals surface area contributed by atoms with E-state index in [2.05, 4.69) is 21.2 Å². The van der Waals surface area contributed by atoms with E-state index < -0.39 is 5.54 Å². The normalized spacial score (nSPS) is 18.8. The second-order valence-corrected chi connectivity index (χ2v) is 5.92. The Labute approximate surface area is 118 Å². The molecule has 96 valence electrons. The Morgan fingerprint density at radius 2 is 2.06 bits per heavy atom. The van der Waals surface area contributed by atoms with E-state index in [0.29, 0.717) is 15.2 Å². The molecule has 0 bridgehead atoms. The first-order chi connectivity index (χ1) is 8.31. The van der Waals surface area contributed by atoms with E-state index in [4.69, 9.17) is 11.6 Å². The molecule has 2 amide bonds. The minimum atomic E-state index is -0.887. The number of carbonyl (C=O) groups excluding carboxylic acids is 2. The summed E-state index contributed by atoms with van der Waals surface area (Å²) in [4.78, 5) is 25.3. The number of rotatable bonds is 1. The zero-order valence-electron chi connectivity index (χ0n) is 9.96. The van der Waals surface area contributed by atoms with Gasteiger partial charge in [-0.05, 0) is 48.0 Å². The van der Waals surface area contributed by atoms with Crippen molar-refractivity contribution in [2.75, 3.05) is 11.4 Å². The zero-order valence-corrected chi connectivity index (χ0v) is 12.3. The van der Waals surface area contributed by atoms with Gasteiger partial charge in [0.2, 0.25) is 5.91 Å². The topological polar surface area (TPSA) is 49.4 Å². The number of amides is 2. The average Bonchev–Trinajstić information content (AvgIpc) is 2.27. The van der Waals surface area contributed by atoms with Gasteiger partial charge in [0.05, 0.1) is 5.02 Å². The highest BCUT2D eigenvalue weighted by Crippen LogP contribution is 2.29. The number of nitrogens with one attached hydrogen (secondary N) is 1. The Morgan fingerprint density at radius 3 is 2.67 bits per heavy atom. The van der Waals surface area contributed by atoms with Crippen molar-refractivity contribution in [2.45, 2.75) is 19.4 Å². The van der Waals surface area contributed by atoms with Gasteiger partial charge >= 0.3 is 0 Å². The second kappa shape index (κ2) is 4.55. The number of hydrogen-bond acceptors (Lipinski definition) is 2. The molecule has 1 aliphatic heterocycles. The first-order valence-electron chi connectivity index (χ1n) is 5.39. The van der Waals surface area contributed by atoms with Gasteiger partial charge < -0.3 is 10.2 Å². The van der Waals surface area contributed by atoms with Crippen LogP contribution in [0.2, 0.25) is 5.02 Å². The summed E-state index contributed by atoms with van der Waals surface area (Å²) in [5.74, 6) is -0.318. The molecule has 0 saturated carbocycles. The molecule has 1 N–H and O–H groups in total. The van der Waals surface area contributed by atoms with Crippen LogP contribution >= 0.6 is 27.5 Å². The van der Waals surface area contributed by atoms with Gasteiger partial charge in [0, 0.05) is 10.2 Å². The van der Waals surface area contributed by atoms with Crippen molar-refractivity contribution in [1.29, 1.82) is 0 Å². The summed E-state index contributed by atoms with van der Waals surface area (Å²) in [6, 6.07) is 5.14. The van der Waals surface area contributed by atoms with Crippen LogP contribution in [0, 0.1) is 0 Å². The molecule has 1 fully saturated rings. The van der Waals surface area contributed by atoms with Crippen LogP contribution in [0.15, 0.2) is 22.7 Å². The van der Waals surface area contributed by atoms with Gasteiger partial charge in [-0.15, -0.1) is 0 Å². The molecule has 1 heterocycles. The molecule has 0 spiro atoms. The van der Waals surface area contributed by atoms with Crippen LogP contribution in [0.1, 0.15) is 13.8 Å². The van der Waals surface area contributed by atoms with Crippen LogP contribution in [-0.2, 0) is 9.59 Å². The number of nitrogens with zero attached hydrogens (tertiary/aromatic N) is 1. The lowest BCUT2D eigenvalue weighted by Gasteiger charge is -2.37. The van der Waals surface area contributed by atoms with Gasteiger partial charge in [-0.2, -0.15) is 0 Å². The van der Waals surface area contributed by atoms with Gasteiger partial charge in [-0.1, -0.05) is 11.6 Å². The van der Waals surface area contributed by atoms with E-state index in [1.807, 2.05) is 0 Å². The highest BCUT2D eigenvalue weighted by molar-refractivity contribution is 9.10. The SMILES string of the molecule is CC1(C)NC(=O)CN(c2ccc(Cl)c(Br)c2)C1=O. The molecule has 1 aromatic rings. The van der Waals surface area contributed by atoms with Crippen molar-refractivity contribution in [3.63, 3.8) is 0 Å². The lowest BCUT2D eigenvalue weighted by molar-refractivity contribution is -0.134. The maximum absolute atomic E-state index is 12.3. The summed E-state index contributed by atoms with van der Waals surface area (Å²) < 4.78 is 0.693. The molecule has 0 radical (unpaired) electrons. The molecular weight excluding hydrogens is 320 g/mol. The van der Waals surface area contributed by atoms with Crippen LogP contribution in [0.4, 0.5) is 5.69 Å². The van der Waals surface area contributed by atoms with Crippen molar-refractivity contribution in [1.82, 2.24) is 5.32 Å². The molecule has 0 atom stereocenters. The van der Waals surface area contributed by atoms with Crippen LogP contribution in [0.25, 0.3) is 0 Å². The van der Waals surface area contributed by atoms with Crippen LogP contribution in [0.3, 0.4) is 0 Å². The minimum absolute atomic E-state index is 0.0241. The number of hydrogen-bond donors (Lipinski definition) is 1. The van der Waals surface area contributed by atoms with Gasteiger partial charge in [-0.3, -0.25) is 9.59 Å². The van der Waals surface area contributed by atoms with Gasteiger partial charge in [0.1, 0.15) is 12.1 Å². The third-order valence-electron chi connectivity index (χ3n) is 2.75. The summed E-state index contributed by atoms with van der Waals surface area (Å²) in [6.45, 7) is 3.39. The van der Waals surface area contributed by atoms with Crippen LogP contribution in [0.5, 0.6) is 0 Å². The molecular formula is C12H12BrClN2O2. The van der Waals surface area contributed by atoms with E-state index >= 15 is 0 Å². The minimum Gasteiger partial charge on any atom is -0.341 e. The number of piperazine rings is 1. The molecule has 1 aromatic carbocycles. The molecule has 6 heteroatoms. The molecule has 0 aliphatic carbocycles. The lowest BCUT2D eigenvalue weighted by atomic mass is 10.00. The summed E-state index contributed by atoms with van der Waals surface area (Å²) in [5.41, 5.74) is -0.235. The van der Waals surface area contributed by atoms with E-state index in [0.717, 1.165) is 0 Å². The molecule has 0 aromatic heterocycles. The fourth-order valence-corrected chi connectivity index (χ4v) is 2.34. The van der Waals surface area contributed by atoms with E-state index in [1.165, 1.54) is 4.90 Å². The van der Waals surface area contributed by atoms with Crippen molar-refractivity contribution in [3.8, 4) is 0 Å². The largest absolute Gasteiger partial charge is 0.341 e. The third-order valence-corrected chi connectivity index (χ3v) is 3.96. The Bertz CT molecular complexity index is 531. The number of anilines is 1. The zero-order chi connectivity index (χ0) is 13.5. The monoisotopic (exact) mass is 330 g/mol. The standard InChI is InChI=1S/C12H12BrClN2O2/c1-12(2)11(18)16(6-10(17)15-12)7-3-4-9(14)8(13)5-7/h3-5H,6H2,1-2H3,(H,15,17). The van der Waals surface area contributed by atoms with Gasteiger partial charge in [0.15, 0.2) is 0 Å². The van der Waals surface area contributed by atoms with Crippen molar-refractivity contribution in [2.24, 2.45) is 0 Å². The van der Waals surface area contributed by atoms with Crippen molar-refractivity contribution in [3.05, 3.63) is 27.7 Å². The summed E-state index contributed by atoms with van der Waals surface area (Å²) in [5, 5.41) is 3.23. The van der Waals surface area contributed by atoms with Crippen LogP contribution in [-0.4, -0.2) is 23.9 Å². The Hall–Kier alpha value is -1.07. The maximum Gasteiger partial charge on any atom is 0.252 e. The fourth-order valence-electron chi connectivity index (χ4n) is 1.86. The third kappa shape index (κ3) is 2.37. The highest BCUT2D eigenvalue weighted by atomic mass is 79.9. The summed E-state index contributed by atoms with van der Waals surface area (Å²) in [7, 11) is 0. The Morgan fingerprint density at radius 1 is 1.39 bits per heavy atom. The maximum atomic E-state index is 12.3. The number of benzene rings is 1. The van der Waals surface area contributed by atoms with E-state index in [1.54, 1.807) is 32.0 Å². The van der Waals surface area contributed by atoms with Crippen LogP contribution < -0.4 is 10.2 Å². The quantitative estimate of drug-likeness (QED) is 0.859. The predicted octanol–water partition coefficient (Wildman–Crippen LogP) is 2.34. The summed E-state index contributed by atoms with van der Waals surface area (Å²) >= 11 is 9.22. The van der Waals surface area contributed by atoms with Crippen molar-refractivity contribution < 1.29 is 9.59 Å². The predicted molar refractivity (Wildman–Crippen MR) is 73.7 cm³/mol. The molecule has 2 rings (SSSR count). The number of halogens is 2. The molecule has 18 heavy (non-hydrogen) atoms. The van der Waals surface area contributed by atoms with Gasteiger partial charge in [-0.25, -0.2) is 0 Å². The molecule has 0 unspecified atom stereocenters. The first-order valence-corrected chi connectivity index (χ1v) is 6.56. The first kappa shape index (κ1) is 13.4. The average molecular weight is 332 g/mol. The highest BCUT2D eigenvalue weighted by Gasteiger charge is 2.39.